The smallest absolute Gasteiger partial charge is 0.108 e. The standard InChI is InChI=1S/C12H19NO2S/c1-12(14,11-3-2-6-16-11)9-13-7-10-4-5-15-8-10/h2-3,6,10,13-14H,4-5,7-9H2,1H3. The lowest BCUT2D eigenvalue weighted by Crippen LogP contribution is -2.37. The van der Waals surface area contributed by atoms with Gasteiger partial charge in [-0.15, -0.1) is 11.3 Å². The molecule has 2 heterocycles. The SMILES string of the molecule is CC(O)(CNCC1CCOC1)c1cccs1. The fraction of sp³-hybridized carbons (Fsp3) is 0.667. The molecule has 0 spiro atoms. The molecule has 1 aromatic rings. The van der Waals surface area contributed by atoms with E-state index in [2.05, 4.69) is 5.32 Å². The van der Waals surface area contributed by atoms with Gasteiger partial charge in [0.25, 0.3) is 0 Å². The molecular weight excluding hydrogens is 222 g/mol. The van der Waals surface area contributed by atoms with Gasteiger partial charge in [0, 0.05) is 24.6 Å². The molecule has 0 amide bonds. The minimum Gasteiger partial charge on any atom is -0.383 e. The second-order valence-corrected chi connectivity index (χ2v) is 5.56. The quantitative estimate of drug-likeness (QED) is 0.822. The Labute approximate surface area is 100 Å². The zero-order chi connectivity index (χ0) is 11.4. The highest BCUT2D eigenvalue weighted by molar-refractivity contribution is 7.10. The first-order valence-electron chi connectivity index (χ1n) is 5.73. The molecule has 16 heavy (non-hydrogen) atoms. The van der Waals surface area contributed by atoms with Gasteiger partial charge in [-0.05, 0) is 30.7 Å². The van der Waals surface area contributed by atoms with Crippen LogP contribution >= 0.6 is 11.3 Å². The average molecular weight is 241 g/mol. The van der Waals surface area contributed by atoms with E-state index < -0.39 is 5.60 Å². The molecule has 4 heteroatoms. The maximum atomic E-state index is 10.3. The maximum Gasteiger partial charge on any atom is 0.108 e. The summed E-state index contributed by atoms with van der Waals surface area (Å²) in [4.78, 5) is 1.02. The number of aliphatic hydroxyl groups is 1. The second-order valence-electron chi connectivity index (χ2n) is 4.61. The van der Waals surface area contributed by atoms with Gasteiger partial charge >= 0.3 is 0 Å². The van der Waals surface area contributed by atoms with E-state index in [-0.39, 0.29) is 0 Å². The van der Waals surface area contributed by atoms with Crippen molar-refractivity contribution in [2.24, 2.45) is 5.92 Å². The van der Waals surface area contributed by atoms with Crippen LogP contribution in [0.2, 0.25) is 0 Å². The van der Waals surface area contributed by atoms with E-state index in [1.165, 1.54) is 0 Å². The van der Waals surface area contributed by atoms with Gasteiger partial charge in [-0.3, -0.25) is 0 Å². The van der Waals surface area contributed by atoms with E-state index in [1.54, 1.807) is 11.3 Å². The van der Waals surface area contributed by atoms with E-state index in [9.17, 15) is 5.11 Å². The molecular formula is C12H19NO2S. The fourth-order valence-electron chi connectivity index (χ4n) is 1.94. The van der Waals surface area contributed by atoms with Crippen molar-refractivity contribution in [2.75, 3.05) is 26.3 Å². The molecule has 90 valence electrons. The molecule has 1 aromatic heterocycles. The van der Waals surface area contributed by atoms with E-state index in [0.29, 0.717) is 12.5 Å². The van der Waals surface area contributed by atoms with Crippen LogP contribution in [-0.2, 0) is 10.3 Å². The van der Waals surface area contributed by atoms with Crippen LogP contribution in [0, 0.1) is 5.92 Å². The topological polar surface area (TPSA) is 41.5 Å². The molecule has 0 aliphatic carbocycles. The van der Waals surface area contributed by atoms with Gasteiger partial charge in [0.2, 0.25) is 0 Å². The van der Waals surface area contributed by atoms with E-state index in [1.807, 2.05) is 24.4 Å². The van der Waals surface area contributed by atoms with Crippen LogP contribution in [0.3, 0.4) is 0 Å². The molecule has 1 aliphatic rings. The zero-order valence-electron chi connectivity index (χ0n) is 9.61. The minimum atomic E-state index is -0.756. The summed E-state index contributed by atoms with van der Waals surface area (Å²) in [5.41, 5.74) is -0.756. The van der Waals surface area contributed by atoms with E-state index >= 15 is 0 Å². The Morgan fingerprint density at radius 3 is 3.19 bits per heavy atom. The predicted molar refractivity (Wildman–Crippen MR) is 65.7 cm³/mol. The van der Waals surface area contributed by atoms with Crippen molar-refractivity contribution < 1.29 is 9.84 Å². The predicted octanol–water partition coefficient (Wildman–Crippen LogP) is 1.58. The zero-order valence-corrected chi connectivity index (χ0v) is 10.4. The third-order valence-electron chi connectivity index (χ3n) is 2.98. The minimum absolute atomic E-state index is 0.601. The Hall–Kier alpha value is -0.420. The third-order valence-corrected chi connectivity index (χ3v) is 4.10. The number of hydrogen-bond acceptors (Lipinski definition) is 4. The molecule has 0 aromatic carbocycles. The summed E-state index contributed by atoms with van der Waals surface area (Å²) in [6, 6.07) is 3.95. The Kier molecular flexibility index (Phi) is 3.97. The molecule has 1 fully saturated rings. The number of nitrogens with one attached hydrogen (secondary N) is 1. The van der Waals surface area contributed by atoms with E-state index in [0.717, 1.165) is 31.1 Å². The number of rotatable bonds is 5. The van der Waals surface area contributed by atoms with Crippen molar-refractivity contribution in [3.63, 3.8) is 0 Å². The van der Waals surface area contributed by atoms with Crippen molar-refractivity contribution in [3.8, 4) is 0 Å². The molecule has 2 rings (SSSR count). The Morgan fingerprint density at radius 1 is 1.69 bits per heavy atom. The van der Waals surface area contributed by atoms with Crippen molar-refractivity contribution in [2.45, 2.75) is 18.9 Å². The van der Waals surface area contributed by atoms with Crippen LogP contribution in [0.25, 0.3) is 0 Å². The Balaban J connectivity index is 1.76. The average Bonchev–Trinajstić information content (AvgIpc) is 2.90. The van der Waals surface area contributed by atoms with Gasteiger partial charge in [-0.1, -0.05) is 6.07 Å². The van der Waals surface area contributed by atoms with Crippen LogP contribution < -0.4 is 5.32 Å². The highest BCUT2D eigenvalue weighted by Crippen LogP contribution is 2.24. The van der Waals surface area contributed by atoms with Gasteiger partial charge < -0.3 is 15.2 Å². The van der Waals surface area contributed by atoms with Crippen LogP contribution in [0.4, 0.5) is 0 Å². The number of hydrogen-bond donors (Lipinski definition) is 2. The molecule has 1 saturated heterocycles. The van der Waals surface area contributed by atoms with Gasteiger partial charge in [0.1, 0.15) is 5.60 Å². The number of thiophene rings is 1. The summed E-state index contributed by atoms with van der Waals surface area (Å²) >= 11 is 1.60. The van der Waals surface area contributed by atoms with Gasteiger partial charge in [0.05, 0.1) is 6.61 Å². The molecule has 2 unspecified atom stereocenters. The Morgan fingerprint density at radius 2 is 2.56 bits per heavy atom. The summed E-state index contributed by atoms with van der Waals surface area (Å²) in [6.07, 6.45) is 1.13. The van der Waals surface area contributed by atoms with Crippen molar-refractivity contribution in [3.05, 3.63) is 22.4 Å². The lowest BCUT2D eigenvalue weighted by Gasteiger charge is -2.23. The molecule has 0 bridgehead atoms. The molecule has 2 N–H and O–H groups in total. The van der Waals surface area contributed by atoms with Crippen molar-refractivity contribution >= 4 is 11.3 Å². The largest absolute Gasteiger partial charge is 0.383 e. The normalized spacial score (nSPS) is 24.5. The summed E-state index contributed by atoms with van der Waals surface area (Å²) in [6.45, 7) is 5.13. The van der Waals surface area contributed by atoms with Gasteiger partial charge in [0.15, 0.2) is 0 Å². The van der Waals surface area contributed by atoms with Crippen LogP contribution in [0.5, 0.6) is 0 Å². The Bertz CT molecular complexity index is 305. The molecule has 0 saturated carbocycles. The van der Waals surface area contributed by atoms with E-state index in [4.69, 9.17) is 4.74 Å². The first-order chi connectivity index (χ1) is 7.68. The first kappa shape index (κ1) is 12.0. The fourth-order valence-corrected chi connectivity index (χ4v) is 2.72. The highest BCUT2D eigenvalue weighted by atomic mass is 32.1. The third kappa shape index (κ3) is 3.04. The lowest BCUT2D eigenvalue weighted by atomic mass is 10.0. The summed E-state index contributed by atoms with van der Waals surface area (Å²) in [5.74, 6) is 0.610. The van der Waals surface area contributed by atoms with Crippen molar-refractivity contribution in [1.29, 1.82) is 0 Å². The second kappa shape index (κ2) is 5.27. The van der Waals surface area contributed by atoms with Crippen LogP contribution in [0.15, 0.2) is 17.5 Å². The van der Waals surface area contributed by atoms with Crippen molar-refractivity contribution in [1.82, 2.24) is 5.32 Å². The number of ether oxygens (including phenoxy) is 1. The lowest BCUT2D eigenvalue weighted by molar-refractivity contribution is 0.0595. The summed E-state index contributed by atoms with van der Waals surface area (Å²) < 4.78 is 5.31. The van der Waals surface area contributed by atoms with Gasteiger partial charge in [-0.25, -0.2) is 0 Å². The molecule has 2 atom stereocenters. The molecule has 1 aliphatic heterocycles. The summed E-state index contributed by atoms with van der Waals surface area (Å²) in [5, 5.41) is 15.6. The van der Waals surface area contributed by atoms with Gasteiger partial charge in [-0.2, -0.15) is 0 Å². The first-order valence-corrected chi connectivity index (χ1v) is 6.61. The van der Waals surface area contributed by atoms with Crippen LogP contribution in [-0.4, -0.2) is 31.4 Å². The monoisotopic (exact) mass is 241 g/mol. The summed E-state index contributed by atoms with van der Waals surface area (Å²) in [7, 11) is 0. The molecule has 3 nitrogen and oxygen atoms in total. The maximum absolute atomic E-state index is 10.3. The highest BCUT2D eigenvalue weighted by Gasteiger charge is 2.24. The molecule has 0 radical (unpaired) electrons. The van der Waals surface area contributed by atoms with Crippen LogP contribution in [0.1, 0.15) is 18.2 Å².